The summed E-state index contributed by atoms with van der Waals surface area (Å²) in [7, 11) is 0. The zero-order valence-corrected chi connectivity index (χ0v) is 7.93. The van der Waals surface area contributed by atoms with Gasteiger partial charge in [-0.1, -0.05) is 31.9 Å². The van der Waals surface area contributed by atoms with Gasteiger partial charge in [0.05, 0.1) is 6.61 Å². The summed E-state index contributed by atoms with van der Waals surface area (Å²) in [6.07, 6.45) is 5.57. The monoisotopic (exact) mass is 156 g/mol. The zero-order valence-electron chi connectivity index (χ0n) is 7.93. The molecule has 1 N–H and O–H groups in total. The molecule has 0 spiro atoms. The molecule has 0 rings (SSSR count). The highest BCUT2D eigenvalue weighted by atomic mass is 16.2. The molecule has 0 atom stereocenters. The SMILES string of the molecule is C/C(=C\CO)CCCC(C)C. The normalized spacial score (nSPS) is 12.6. The van der Waals surface area contributed by atoms with E-state index in [0.717, 1.165) is 12.3 Å². The van der Waals surface area contributed by atoms with Gasteiger partial charge in [-0.2, -0.15) is 0 Å². The fraction of sp³-hybridized carbons (Fsp3) is 0.800. The molecule has 0 aromatic rings. The van der Waals surface area contributed by atoms with Gasteiger partial charge in [-0.3, -0.25) is 0 Å². The molecule has 0 aromatic carbocycles. The van der Waals surface area contributed by atoms with Crippen molar-refractivity contribution in [1.82, 2.24) is 0 Å². The highest BCUT2D eigenvalue weighted by molar-refractivity contribution is 4.97. The van der Waals surface area contributed by atoms with Crippen LogP contribution >= 0.6 is 0 Å². The molecule has 0 unspecified atom stereocenters. The first-order valence-electron chi connectivity index (χ1n) is 4.43. The van der Waals surface area contributed by atoms with E-state index in [1.807, 2.05) is 6.08 Å². The first kappa shape index (κ1) is 10.7. The maximum Gasteiger partial charge on any atom is 0.0614 e. The van der Waals surface area contributed by atoms with E-state index in [9.17, 15) is 0 Å². The second-order valence-corrected chi connectivity index (χ2v) is 3.52. The Bertz CT molecular complexity index is 114. The summed E-state index contributed by atoms with van der Waals surface area (Å²) >= 11 is 0. The third kappa shape index (κ3) is 7.60. The highest BCUT2D eigenvalue weighted by Crippen LogP contribution is 2.10. The molecule has 11 heavy (non-hydrogen) atoms. The smallest absolute Gasteiger partial charge is 0.0614 e. The fourth-order valence-electron chi connectivity index (χ4n) is 1.05. The van der Waals surface area contributed by atoms with Crippen LogP contribution in [0.4, 0.5) is 0 Å². The third-order valence-corrected chi connectivity index (χ3v) is 1.79. The lowest BCUT2D eigenvalue weighted by Gasteiger charge is -2.03. The van der Waals surface area contributed by atoms with Gasteiger partial charge in [0.2, 0.25) is 0 Å². The van der Waals surface area contributed by atoms with Gasteiger partial charge in [0, 0.05) is 0 Å². The molecule has 0 aromatic heterocycles. The van der Waals surface area contributed by atoms with Crippen molar-refractivity contribution in [3.63, 3.8) is 0 Å². The van der Waals surface area contributed by atoms with Crippen molar-refractivity contribution in [2.24, 2.45) is 5.92 Å². The predicted molar refractivity (Wildman–Crippen MR) is 49.5 cm³/mol. The van der Waals surface area contributed by atoms with Gasteiger partial charge in [0.15, 0.2) is 0 Å². The molecule has 0 bridgehead atoms. The predicted octanol–water partition coefficient (Wildman–Crippen LogP) is 2.75. The zero-order chi connectivity index (χ0) is 8.69. The number of hydrogen-bond donors (Lipinski definition) is 1. The Morgan fingerprint density at radius 1 is 1.45 bits per heavy atom. The van der Waals surface area contributed by atoms with E-state index < -0.39 is 0 Å². The van der Waals surface area contributed by atoms with Crippen LogP contribution in [0.25, 0.3) is 0 Å². The van der Waals surface area contributed by atoms with Crippen molar-refractivity contribution in [1.29, 1.82) is 0 Å². The van der Waals surface area contributed by atoms with Gasteiger partial charge in [-0.25, -0.2) is 0 Å². The van der Waals surface area contributed by atoms with Gasteiger partial charge in [0.1, 0.15) is 0 Å². The van der Waals surface area contributed by atoms with Crippen molar-refractivity contribution in [2.75, 3.05) is 6.61 Å². The van der Waals surface area contributed by atoms with E-state index >= 15 is 0 Å². The van der Waals surface area contributed by atoms with Crippen LogP contribution in [0, 0.1) is 5.92 Å². The molecule has 0 radical (unpaired) electrons. The third-order valence-electron chi connectivity index (χ3n) is 1.79. The molecule has 0 aliphatic rings. The minimum atomic E-state index is 0.188. The number of aliphatic hydroxyl groups is 1. The van der Waals surface area contributed by atoms with Crippen LogP contribution in [-0.4, -0.2) is 11.7 Å². The van der Waals surface area contributed by atoms with Crippen LogP contribution in [0.2, 0.25) is 0 Å². The minimum Gasteiger partial charge on any atom is -0.392 e. The van der Waals surface area contributed by atoms with Crippen molar-refractivity contribution in [3.05, 3.63) is 11.6 Å². The molecule has 1 heteroatoms. The summed E-state index contributed by atoms with van der Waals surface area (Å²) in [4.78, 5) is 0. The van der Waals surface area contributed by atoms with Gasteiger partial charge in [-0.05, 0) is 25.7 Å². The molecule has 0 aliphatic carbocycles. The van der Waals surface area contributed by atoms with E-state index in [4.69, 9.17) is 5.11 Å². The number of allylic oxidation sites excluding steroid dienone is 1. The number of aliphatic hydroxyl groups excluding tert-OH is 1. The van der Waals surface area contributed by atoms with E-state index in [-0.39, 0.29) is 6.61 Å². The Balaban J connectivity index is 3.31. The van der Waals surface area contributed by atoms with Crippen molar-refractivity contribution < 1.29 is 5.11 Å². The molecule has 0 heterocycles. The molecular formula is C10H20O. The first-order valence-corrected chi connectivity index (χ1v) is 4.43. The lowest BCUT2D eigenvalue weighted by Crippen LogP contribution is -1.88. The van der Waals surface area contributed by atoms with Crippen LogP contribution in [0.1, 0.15) is 40.0 Å². The van der Waals surface area contributed by atoms with E-state index in [2.05, 4.69) is 20.8 Å². The summed E-state index contributed by atoms with van der Waals surface area (Å²) in [6.45, 7) is 6.75. The molecule has 0 aliphatic heterocycles. The number of hydrogen-bond acceptors (Lipinski definition) is 1. The topological polar surface area (TPSA) is 20.2 Å². The summed E-state index contributed by atoms with van der Waals surface area (Å²) in [5, 5.41) is 8.57. The molecule has 0 saturated heterocycles. The standard InChI is InChI=1S/C10H20O/c1-9(2)5-4-6-10(3)7-8-11/h7,9,11H,4-6,8H2,1-3H3/b10-7+. The Morgan fingerprint density at radius 2 is 2.09 bits per heavy atom. The molecule has 0 amide bonds. The molecule has 66 valence electrons. The maximum atomic E-state index is 8.57. The highest BCUT2D eigenvalue weighted by Gasteiger charge is 1.94. The Kier molecular flexibility index (Phi) is 6.24. The Morgan fingerprint density at radius 3 is 2.55 bits per heavy atom. The second-order valence-electron chi connectivity index (χ2n) is 3.52. The van der Waals surface area contributed by atoms with Gasteiger partial charge in [0.25, 0.3) is 0 Å². The van der Waals surface area contributed by atoms with Gasteiger partial charge >= 0.3 is 0 Å². The summed E-state index contributed by atoms with van der Waals surface area (Å²) in [6, 6.07) is 0. The van der Waals surface area contributed by atoms with Crippen LogP contribution < -0.4 is 0 Å². The second kappa shape index (κ2) is 6.41. The van der Waals surface area contributed by atoms with Crippen molar-refractivity contribution in [3.8, 4) is 0 Å². The van der Waals surface area contributed by atoms with Crippen molar-refractivity contribution in [2.45, 2.75) is 40.0 Å². The molecule has 1 nitrogen and oxygen atoms in total. The van der Waals surface area contributed by atoms with E-state index in [1.165, 1.54) is 18.4 Å². The van der Waals surface area contributed by atoms with Crippen LogP contribution in [0.5, 0.6) is 0 Å². The van der Waals surface area contributed by atoms with Gasteiger partial charge < -0.3 is 5.11 Å². The summed E-state index contributed by atoms with van der Waals surface area (Å²) < 4.78 is 0. The summed E-state index contributed by atoms with van der Waals surface area (Å²) in [5.41, 5.74) is 1.31. The largest absolute Gasteiger partial charge is 0.392 e. The average molecular weight is 156 g/mol. The molecule has 0 saturated carbocycles. The lowest BCUT2D eigenvalue weighted by atomic mass is 10.0. The Labute approximate surface area is 70.1 Å². The van der Waals surface area contributed by atoms with Gasteiger partial charge in [-0.15, -0.1) is 0 Å². The van der Waals surface area contributed by atoms with E-state index in [0.29, 0.717) is 0 Å². The number of rotatable bonds is 5. The molecule has 0 fully saturated rings. The lowest BCUT2D eigenvalue weighted by molar-refractivity contribution is 0.341. The minimum absolute atomic E-state index is 0.188. The van der Waals surface area contributed by atoms with Crippen molar-refractivity contribution >= 4 is 0 Å². The maximum absolute atomic E-state index is 8.57. The average Bonchev–Trinajstić information content (AvgIpc) is 1.87. The summed E-state index contributed by atoms with van der Waals surface area (Å²) in [5.74, 6) is 0.803. The fourth-order valence-corrected chi connectivity index (χ4v) is 1.05. The molecular weight excluding hydrogens is 136 g/mol. The Hall–Kier alpha value is -0.300. The van der Waals surface area contributed by atoms with E-state index in [1.54, 1.807) is 0 Å². The van der Waals surface area contributed by atoms with Crippen LogP contribution in [0.15, 0.2) is 11.6 Å². The van der Waals surface area contributed by atoms with Crippen LogP contribution in [0.3, 0.4) is 0 Å². The first-order chi connectivity index (χ1) is 5.16. The quantitative estimate of drug-likeness (QED) is 0.607. The van der Waals surface area contributed by atoms with Crippen LogP contribution in [-0.2, 0) is 0 Å².